The fraction of sp³-hybridized carbons (Fsp3) is 0.286. The Morgan fingerprint density at radius 2 is 1.97 bits per heavy atom. The Labute approximate surface area is 187 Å². The van der Waals surface area contributed by atoms with Crippen LogP contribution in [0.2, 0.25) is 10.0 Å². The van der Waals surface area contributed by atoms with Gasteiger partial charge in [0, 0.05) is 30.2 Å². The van der Waals surface area contributed by atoms with Crippen LogP contribution in [0.25, 0.3) is 10.1 Å². The fourth-order valence-corrected chi connectivity index (χ4v) is 5.43. The summed E-state index contributed by atoms with van der Waals surface area (Å²) in [7, 11) is 0. The van der Waals surface area contributed by atoms with Gasteiger partial charge in [-0.15, -0.1) is 11.3 Å². The number of nitro benzene ring substituents is 1. The molecule has 1 aliphatic rings. The van der Waals surface area contributed by atoms with Gasteiger partial charge in [0.25, 0.3) is 11.6 Å². The molecule has 1 fully saturated rings. The summed E-state index contributed by atoms with van der Waals surface area (Å²) in [5, 5.41) is 15.3. The molecular weight excluding hydrogens is 445 g/mol. The molecule has 1 aromatic heterocycles. The molecule has 30 heavy (non-hydrogen) atoms. The average Bonchev–Trinajstić information content (AvgIpc) is 3.06. The van der Waals surface area contributed by atoms with Crippen molar-refractivity contribution in [2.24, 2.45) is 5.92 Å². The van der Waals surface area contributed by atoms with Gasteiger partial charge in [0.1, 0.15) is 9.58 Å². The van der Waals surface area contributed by atoms with Gasteiger partial charge in [0.05, 0.1) is 20.7 Å². The van der Waals surface area contributed by atoms with Crippen LogP contribution in [0, 0.1) is 16.0 Å². The number of carbonyl (C=O) groups excluding carboxylic acids is 1. The molecule has 0 atom stereocenters. The van der Waals surface area contributed by atoms with E-state index in [0.29, 0.717) is 20.8 Å². The third kappa shape index (κ3) is 3.97. The van der Waals surface area contributed by atoms with Gasteiger partial charge < -0.3 is 10.2 Å². The summed E-state index contributed by atoms with van der Waals surface area (Å²) < 4.78 is 0.380. The summed E-state index contributed by atoms with van der Waals surface area (Å²) in [6, 6.07) is 10.1. The molecule has 3 aromatic rings. The first-order chi connectivity index (χ1) is 14.3. The molecule has 9 heteroatoms. The molecule has 0 bridgehead atoms. The molecule has 4 rings (SSSR count). The lowest BCUT2D eigenvalue weighted by molar-refractivity contribution is -0.382. The van der Waals surface area contributed by atoms with E-state index in [1.165, 1.54) is 6.07 Å². The van der Waals surface area contributed by atoms with Crippen molar-refractivity contribution < 1.29 is 9.72 Å². The van der Waals surface area contributed by atoms with Crippen LogP contribution in [0.1, 0.15) is 29.4 Å². The minimum absolute atomic E-state index is 0.0679. The monoisotopic (exact) mass is 463 g/mol. The number of nitrogens with one attached hydrogen (secondary N) is 1. The molecule has 1 N–H and O–H groups in total. The Kier molecular flexibility index (Phi) is 5.86. The molecule has 1 saturated heterocycles. The first-order valence-electron chi connectivity index (χ1n) is 9.56. The van der Waals surface area contributed by atoms with E-state index in [0.717, 1.165) is 48.9 Å². The van der Waals surface area contributed by atoms with Crippen LogP contribution in [-0.4, -0.2) is 23.9 Å². The van der Waals surface area contributed by atoms with Crippen molar-refractivity contribution in [1.82, 2.24) is 0 Å². The SMILES string of the molecule is CC1CCN(c2ccc(NC(=O)c3sc4c([N+](=O)[O-])cccc4c3Cl)cc2Cl)CC1. The van der Waals surface area contributed by atoms with Gasteiger partial charge in [-0.3, -0.25) is 14.9 Å². The van der Waals surface area contributed by atoms with Gasteiger partial charge in [-0.2, -0.15) is 0 Å². The topological polar surface area (TPSA) is 75.5 Å². The smallest absolute Gasteiger partial charge is 0.287 e. The molecule has 0 aliphatic carbocycles. The summed E-state index contributed by atoms with van der Waals surface area (Å²) in [6.07, 6.45) is 2.26. The molecule has 6 nitrogen and oxygen atoms in total. The average molecular weight is 464 g/mol. The summed E-state index contributed by atoms with van der Waals surface area (Å²) in [5.74, 6) is 0.298. The maximum absolute atomic E-state index is 12.8. The first kappa shape index (κ1) is 20.9. The lowest BCUT2D eigenvalue weighted by Gasteiger charge is -2.32. The molecule has 2 aromatic carbocycles. The van der Waals surface area contributed by atoms with Crippen LogP contribution < -0.4 is 10.2 Å². The van der Waals surface area contributed by atoms with E-state index in [4.69, 9.17) is 23.2 Å². The molecular formula is C21H19Cl2N3O3S. The van der Waals surface area contributed by atoms with Crippen LogP contribution in [0.15, 0.2) is 36.4 Å². The minimum Gasteiger partial charge on any atom is -0.370 e. The third-order valence-corrected chi connectivity index (χ3v) is 7.40. The zero-order valence-electron chi connectivity index (χ0n) is 16.2. The molecule has 1 amide bonds. The number of nitro groups is 1. The predicted molar refractivity (Wildman–Crippen MR) is 124 cm³/mol. The summed E-state index contributed by atoms with van der Waals surface area (Å²) in [6.45, 7) is 4.18. The van der Waals surface area contributed by atoms with Crippen molar-refractivity contribution in [2.75, 3.05) is 23.3 Å². The highest BCUT2D eigenvalue weighted by atomic mass is 35.5. The number of fused-ring (bicyclic) bond motifs is 1. The molecule has 0 saturated carbocycles. The van der Waals surface area contributed by atoms with Gasteiger partial charge >= 0.3 is 0 Å². The maximum Gasteiger partial charge on any atom is 0.287 e. The zero-order valence-corrected chi connectivity index (χ0v) is 18.5. The van der Waals surface area contributed by atoms with Crippen molar-refractivity contribution in [2.45, 2.75) is 19.8 Å². The number of carbonyl (C=O) groups is 1. The van der Waals surface area contributed by atoms with E-state index in [9.17, 15) is 14.9 Å². The van der Waals surface area contributed by atoms with Crippen molar-refractivity contribution in [3.8, 4) is 0 Å². The van der Waals surface area contributed by atoms with Gasteiger partial charge in [-0.25, -0.2) is 0 Å². The highest BCUT2D eigenvalue weighted by Crippen LogP contribution is 2.40. The number of anilines is 2. The highest BCUT2D eigenvalue weighted by Gasteiger charge is 2.23. The second kappa shape index (κ2) is 8.41. The number of rotatable bonds is 4. The van der Waals surface area contributed by atoms with E-state index in [1.54, 1.807) is 24.3 Å². The number of benzene rings is 2. The zero-order chi connectivity index (χ0) is 21.4. The Bertz CT molecular complexity index is 1140. The van der Waals surface area contributed by atoms with Crippen molar-refractivity contribution in [3.63, 3.8) is 0 Å². The number of hydrogen-bond donors (Lipinski definition) is 1. The number of hydrogen-bond acceptors (Lipinski definition) is 5. The summed E-state index contributed by atoms with van der Waals surface area (Å²) >= 11 is 13.9. The number of nitrogens with zero attached hydrogens (tertiary/aromatic N) is 2. The fourth-order valence-electron chi connectivity index (χ4n) is 3.64. The highest BCUT2D eigenvalue weighted by molar-refractivity contribution is 7.22. The van der Waals surface area contributed by atoms with Gasteiger partial charge in [0.15, 0.2) is 0 Å². The second-order valence-corrected chi connectivity index (χ2v) is 9.25. The van der Waals surface area contributed by atoms with Crippen LogP contribution in [0.5, 0.6) is 0 Å². The molecule has 2 heterocycles. The summed E-state index contributed by atoms with van der Waals surface area (Å²) in [5.41, 5.74) is 1.43. The third-order valence-electron chi connectivity index (χ3n) is 5.37. The first-order valence-corrected chi connectivity index (χ1v) is 11.1. The van der Waals surface area contributed by atoms with E-state index in [-0.39, 0.29) is 15.6 Å². The van der Waals surface area contributed by atoms with E-state index >= 15 is 0 Å². The molecule has 0 radical (unpaired) electrons. The summed E-state index contributed by atoms with van der Waals surface area (Å²) in [4.78, 5) is 26.1. The number of non-ortho nitro benzene ring substituents is 1. The van der Waals surface area contributed by atoms with Gasteiger partial charge in [-0.05, 0) is 37.0 Å². The minimum atomic E-state index is -0.476. The van der Waals surface area contributed by atoms with E-state index in [2.05, 4.69) is 17.1 Å². The molecule has 0 unspecified atom stereocenters. The van der Waals surface area contributed by atoms with Crippen LogP contribution in [0.3, 0.4) is 0 Å². The largest absolute Gasteiger partial charge is 0.370 e. The van der Waals surface area contributed by atoms with E-state index < -0.39 is 10.8 Å². The quantitative estimate of drug-likeness (QED) is 0.349. The Morgan fingerprint density at radius 3 is 2.63 bits per heavy atom. The van der Waals surface area contributed by atoms with Crippen molar-refractivity contribution in [3.05, 3.63) is 61.4 Å². The number of piperidine rings is 1. The number of halogens is 2. The Hall–Kier alpha value is -2.35. The van der Waals surface area contributed by atoms with Crippen LogP contribution in [-0.2, 0) is 0 Å². The predicted octanol–water partition coefficient (Wildman–Crippen LogP) is 6.60. The number of thiophene rings is 1. The van der Waals surface area contributed by atoms with Gasteiger partial charge in [-0.1, -0.05) is 42.3 Å². The van der Waals surface area contributed by atoms with Crippen LogP contribution >= 0.6 is 34.5 Å². The standard InChI is InChI=1S/C21H19Cl2N3O3S/c1-12-7-9-25(10-8-12)16-6-5-13(11-15(16)22)24-21(27)20-18(23)14-3-2-4-17(26(28)29)19(14)30-20/h2-6,11-12H,7-10H2,1H3,(H,24,27). The Balaban J connectivity index is 1.57. The van der Waals surface area contributed by atoms with Crippen LogP contribution in [0.4, 0.5) is 17.1 Å². The molecule has 1 aliphatic heterocycles. The van der Waals surface area contributed by atoms with E-state index in [1.807, 2.05) is 6.07 Å². The van der Waals surface area contributed by atoms with Gasteiger partial charge in [0.2, 0.25) is 0 Å². The normalized spacial score (nSPS) is 14.8. The van der Waals surface area contributed by atoms with Crippen molar-refractivity contribution >= 4 is 67.6 Å². The second-order valence-electron chi connectivity index (χ2n) is 7.45. The van der Waals surface area contributed by atoms with Crippen molar-refractivity contribution in [1.29, 1.82) is 0 Å². The number of amides is 1. The Morgan fingerprint density at radius 1 is 1.23 bits per heavy atom. The maximum atomic E-state index is 12.8. The molecule has 156 valence electrons. The lowest BCUT2D eigenvalue weighted by Crippen LogP contribution is -2.32. The molecule has 0 spiro atoms. The lowest BCUT2D eigenvalue weighted by atomic mass is 9.99.